The fraction of sp³-hybridized carbons (Fsp3) is 0.444. The van der Waals surface area contributed by atoms with E-state index in [1.165, 1.54) is 29.2 Å². The summed E-state index contributed by atoms with van der Waals surface area (Å²) in [5.74, 6) is 1.43. The van der Waals surface area contributed by atoms with Crippen molar-refractivity contribution in [3.05, 3.63) is 47.5 Å². The fourth-order valence-corrected chi connectivity index (χ4v) is 2.66. The number of hydrogen-bond donors (Lipinski definition) is 0. The van der Waals surface area contributed by atoms with Gasteiger partial charge in [-0.1, -0.05) is 64.1 Å². The molecular weight excluding hydrogens is 248 g/mol. The van der Waals surface area contributed by atoms with E-state index in [9.17, 15) is 0 Å². The van der Waals surface area contributed by atoms with Gasteiger partial charge in [-0.15, -0.1) is 0 Å². The van der Waals surface area contributed by atoms with E-state index in [0.29, 0.717) is 5.92 Å². The molecule has 0 saturated heterocycles. The first kappa shape index (κ1) is 16.1. The lowest BCUT2D eigenvalue weighted by atomic mass is 9.89. The zero-order chi connectivity index (χ0) is 13.1. The summed E-state index contributed by atoms with van der Waals surface area (Å²) >= 11 is 0. The Kier molecular flexibility index (Phi) is 5.93. The van der Waals surface area contributed by atoms with Crippen molar-refractivity contribution < 1.29 is 0 Å². The quantitative estimate of drug-likeness (QED) is 0.705. The molecule has 0 amide bonds. The third-order valence-electron chi connectivity index (χ3n) is 3.38. The average Bonchev–Trinajstić information content (AvgIpc) is 2.31. The number of fused-ring (bicyclic) bond motifs is 1. The average molecular weight is 274 g/mol. The molecule has 0 aliphatic carbocycles. The molecule has 0 spiro atoms. The molecular formula is C18H26S. The lowest BCUT2D eigenvalue weighted by Crippen LogP contribution is -2.03. The highest BCUT2D eigenvalue weighted by atomic mass is 32.1. The Morgan fingerprint density at radius 2 is 1.42 bits per heavy atom. The summed E-state index contributed by atoms with van der Waals surface area (Å²) in [7, 11) is 0. The molecule has 0 N–H and O–H groups in total. The number of benzene rings is 2. The molecule has 2 rings (SSSR count). The van der Waals surface area contributed by atoms with Crippen molar-refractivity contribution in [3.8, 4) is 0 Å². The van der Waals surface area contributed by atoms with Crippen molar-refractivity contribution in [1.29, 1.82) is 0 Å². The van der Waals surface area contributed by atoms with Crippen molar-refractivity contribution in [3.63, 3.8) is 0 Å². The second kappa shape index (κ2) is 7.00. The second-order valence-electron chi connectivity index (χ2n) is 6.12. The Bertz CT molecular complexity index is 526. The topological polar surface area (TPSA) is 0 Å². The maximum Gasteiger partial charge on any atom is -0.0149 e. The molecule has 2 aromatic rings. The standard InChI is InChI=1S/C18H24.H2S/c1-13(2)11-16-10-9-15-7-5-6-8-17(15)18(16)12-14(3)4;/h5-10,13-14H,11-12H2,1-4H3;1H2. The molecule has 0 aliphatic heterocycles. The molecule has 1 heteroatoms. The normalized spacial score (nSPS) is 11.1. The Balaban J connectivity index is 0.00000180. The predicted octanol–water partition coefficient (Wildman–Crippen LogP) is 5.35. The first-order valence-corrected chi connectivity index (χ1v) is 7.07. The van der Waals surface area contributed by atoms with Gasteiger partial charge in [-0.25, -0.2) is 0 Å². The van der Waals surface area contributed by atoms with Crippen LogP contribution < -0.4 is 0 Å². The monoisotopic (exact) mass is 274 g/mol. The Hall–Kier alpha value is -0.950. The largest absolute Gasteiger partial charge is 0.197 e. The van der Waals surface area contributed by atoms with E-state index in [1.54, 1.807) is 5.56 Å². The van der Waals surface area contributed by atoms with Crippen LogP contribution in [0, 0.1) is 11.8 Å². The van der Waals surface area contributed by atoms with Crippen molar-refractivity contribution in [1.82, 2.24) is 0 Å². The van der Waals surface area contributed by atoms with Gasteiger partial charge >= 0.3 is 0 Å². The first-order chi connectivity index (χ1) is 8.58. The lowest BCUT2D eigenvalue weighted by Gasteiger charge is -2.16. The maximum atomic E-state index is 2.33. The summed E-state index contributed by atoms with van der Waals surface area (Å²) in [5, 5.41) is 2.82. The molecule has 0 radical (unpaired) electrons. The second-order valence-corrected chi connectivity index (χ2v) is 6.12. The summed E-state index contributed by atoms with van der Waals surface area (Å²) in [5.41, 5.74) is 3.11. The minimum Gasteiger partial charge on any atom is -0.197 e. The molecule has 2 aromatic carbocycles. The molecule has 0 aliphatic rings. The van der Waals surface area contributed by atoms with Crippen LogP contribution in [0.4, 0.5) is 0 Å². The molecule has 0 aromatic heterocycles. The summed E-state index contributed by atoms with van der Waals surface area (Å²) < 4.78 is 0. The van der Waals surface area contributed by atoms with Crippen LogP contribution in [0.2, 0.25) is 0 Å². The van der Waals surface area contributed by atoms with E-state index in [1.807, 2.05) is 0 Å². The third-order valence-corrected chi connectivity index (χ3v) is 3.38. The van der Waals surface area contributed by atoms with Gasteiger partial charge in [0.2, 0.25) is 0 Å². The molecule has 0 heterocycles. The lowest BCUT2D eigenvalue weighted by molar-refractivity contribution is 0.618. The van der Waals surface area contributed by atoms with Gasteiger partial charge in [0.25, 0.3) is 0 Å². The highest BCUT2D eigenvalue weighted by molar-refractivity contribution is 7.59. The summed E-state index contributed by atoms with van der Waals surface area (Å²) in [6.07, 6.45) is 2.37. The van der Waals surface area contributed by atoms with Crippen LogP contribution in [0.15, 0.2) is 36.4 Å². The van der Waals surface area contributed by atoms with Crippen LogP contribution >= 0.6 is 13.5 Å². The van der Waals surface area contributed by atoms with Crippen molar-refractivity contribution in [2.24, 2.45) is 11.8 Å². The molecule has 104 valence electrons. The van der Waals surface area contributed by atoms with Crippen molar-refractivity contribution in [2.75, 3.05) is 0 Å². The van der Waals surface area contributed by atoms with Crippen molar-refractivity contribution in [2.45, 2.75) is 40.5 Å². The smallest absolute Gasteiger partial charge is 0.0149 e. The Morgan fingerprint density at radius 3 is 2.05 bits per heavy atom. The Morgan fingerprint density at radius 1 is 0.789 bits per heavy atom. The van der Waals surface area contributed by atoms with Gasteiger partial charge in [0.1, 0.15) is 0 Å². The van der Waals surface area contributed by atoms with Gasteiger partial charge < -0.3 is 0 Å². The molecule has 0 unspecified atom stereocenters. The van der Waals surface area contributed by atoms with Gasteiger partial charge in [-0.3, -0.25) is 0 Å². The van der Waals surface area contributed by atoms with E-state index < -0.39 is 0 Å². The van der Waals surface area contributed by atoms with Crippen LogP contribution in [0.3, 0.4) is 0 Å². The third kappa shape index (κ3) is 4.01. The molecule has 0 atom stereocenters. The van der Waals surface area contributed by atoms with Gasteiger partial charge in [0.15, 0.2) is 0 Å². The van der Waals surface area contributed by atoms with E-state index in [0.717, 1.165) is 5.92 Å². The fourth-order valence-electron chi connectivity index (χ4n) is 2.66. The zero-order valence-corrected chi connectivity index (χ0v) is 13.5. The zero-order valence-electron chi connectivity index (χ0n) is 12.5. The molecule has 0 fully saturated rings. The highest BCUT2D eigenvalue weighted by Gasteiger charge is 2.10. The molecule has 0 nitrogen and oxygen atoms in total. The Labute approximate surface area is 124 Å². The van der Waals surface area contributed by atoms with Crippen molar-refractivity contribution >= 4 is 24.3 Å². The molecule has 19 heavy (non-hydrogen) atoms. The van der Waals surface area contributed by atoms with Crippen LogP contribution in [0.5, 0.6) is 0 Å². The van der Waals surface area contributed by atoms with Gasteiger partial charge in [-0.2, -0.15) is 13.5 Å². The van der Waals surface area contributed by atoms with Crippen LogP contribution in [-0.2, 0) is 12.8 Å². The maximum absolute atomic E-state index is 2.33. The predicted molar refractivity (Wildman–Crippen MR) is 91.4 cm³/mol. The van der Waals surface area contributed by atoms with E-state index in [2.05, 4.69) is 64.1 Å². The van der Waals surface area contributed by atoms with Crippen LogP contribution in [-0.4, -0.2) is 0 Å². The number of rotatable bonds is 4. The van der Waals surface area contributed by atoms with Crippen LogP contribution in [0.25, 0.3) is 10.8 Å². The minimum atomic E-state index is 0. The molecule has 0 bridgehead atoms. The SMILES string of the molecule is CC(C)Cc1ccc2ccccc2c1CC(C)C.S. The van der Waals surface area contributed by atoms with Gasteiger partial charge in [-0.05, 0) is 46.6 Å². The van der Waals surface area contributed by atoms with E-state index in [-0.39, 0.29) is 13.5 Å². The van der Waals surface area contributed by atoms with E-state index in [4.69, 9.17) is 0 Å². The summed E-state index contributed by atoms with van der Waals surface area (Å²) in [6.45, 7) is 9.21. The van der Waals surface area contributed by atoms with Gasteiger partial charge in [0, 0.05) is 0 Å². The summed E-state index contributed by atoms with van der Waals surface area (Å²) in [6, 6.07) is 13.4. The minimum absolute atomic E-state index is 0. The molecule has 0 saturated carbocycles. The highest BCUT2D eigenvalue weighted by Crippen LogP contribution is 2.26. The van der Waals surface area contributed by atoms with Gasteiger partial charge in [0.05, 0.1) is 0 Å². The van der Waals surface area contributed by atoms with E-state index >= 15 is 0 Å². The number of hydrogen-bond acceptors (Lipinski definition) is 0. The van der Waals surface area contributed by atoms with Crippen LogP contribution in [0.1, 0.15) is 38.8 Å². The summed E-state index contributed by atoms with van der Waals surface area (Å²) in [4.78, 5) is 0. The first-order valence-electron chi connectivity index (χ1n) is 7.07.